The molecular formula is C6H4BF3O2. The van der Waals surface area contributed by atoms with Crippen LogP contribution in [0.25, 0.3) is 0 Å². The fourth-order valence-corrected chi connectivity index (χ4v) is 0.800. The predicted octanol–water partition coefficient (Wildman–Crippen LogP) is -0.216. The molecular weight excluding hydrogens is 172 g/mol. The van der Waals surface area contributed by atoms with Crippen molar-refractivity contribution in [1.82, 2.24) is 0 Å². The Kier molecular flexibility index (Phi) is 2.39. The van der Waals surface area contributed by atoms with Crippen molar-refractivity contribution in [3.8, 4) is 0 Å². The van der Waals surface area contributed by atoms with Crippen molar-refractivity contribution in [1.29, 1.82) is 0 Å². The monoisotopic (exact) mass is 176 g/mol. The van der Waals surface area contributed by atoms with E-state index in [0.29, 0.717) is 12.1 Å². The average Bonchev–Trinajstić information content (AvgIpc) is 1.82. The molecule has 0 saturated heterocycles. The topological polar surface area (TPSA) is 40.5 Å². The van der Waals surface area contributed by atoms with Crippen LogP contribution in [0, 0.1) is 17.5 Å². The van der Waals surface area contributed by atoms with Crippen LogP contribution < -0.4 is 5.46 Å². The van der Waals surface area contributed by atoms with Gasteiger partial charge in [0, 0.05) is 12.1 Å². The van der Waals surface area contributed by atoms with Crippen molar-refractivity contribution in [2.45, 2.75) is 0 Å². The van der Waals surface area contributed by atoms with E-state index >= 15 is 0 Å². The third-order valence-corrected chi connectivity index (χ3v) is 1.30. The molecule has 0 aromatic heterocycles. The van der Waals surface area contributed by atoms with Gasteiger partial charge in [-0.05, 0) is 0 Å². The first-order valence-electron chi connectivity index (χ1n) is 3.03. The normalized spacial score (nSPS) is 10.1. The van der Waals surface area contributed by atoms with E-state index in [9.17, 15) is 13.2 Å². The molecule has 12 heavy (non-hydrogen) atoms. The molecule has 2 nitrogen and oxygen atoms in total. The summed E-state index contributed by atoms with van der Waals surface area (Å²) in [7, 11) is -2.27. The van der Waals surface area contributed by atoms with Crippen molar-refractivity contribution in [2.75, 3.05) is 0 Å². The third-order valence-electron chi connectivity index (χ3n) is 1.30. The van der Waals surface area contributed by atoms with Crippen LogP contribution in [0.5, 0.6) is 0 Å². The second-order valence-electron chi connectivity index (χ2n) is 2.16. The molecule has 0 heterocycles. The molecule has 0 atom stereocenters. The fourth-order valence-electron chi connectivity index (χ4n) is 0.800. The van der Waals surface area contributed by atoms with Gasteiger partial charge < -0.3 is 10.0 Å². The highest BCUT2D eigenvalue weighted by molar-refractivity contribution is 6.58. The van der Waals surface area contributed by atoms with Gasteiger partial charge >= 0.3 is 7.12 Å². The van der Waals surface area contributed by atoms with Gasteiger partial charge in [0.15, 0.2) is 0 Å². The van der Waals surface area contributed by atoms with E-state index < -0.39 is 30.0 Å². The quantitative estimate of drug-likeness (QED) is 0.580. The molecule has 6 heteroatoms. The van der Waals surface area contributed by atoms with Gasteiger partial charge in [-0.15, -0.1) is 0 Å². The Bertz CT molecular complexity index is 280. The molecule has 0 saturated carbocycles. The first kappa shape index (κ1) is 9.09. The van der Waals surface area contributed by atoms with E-state index in [0.717, 1.165) is 0 Å². The Morgan fingerprint density at radius 2 is 1.42 bits per heavy atom. The van der Waals surface area contributed by atoms with Gasteiger partial charge in [-0.25, -0.2) is 13.2 Å². The van der Waals surface area contributed by atoms with Gasteiger partial charge in [0.2, 0.25) is 0 Å². The van der Waals surface area contributed by atoms with Crippen LogP contribution in [0.2, 0.25) is 0 Å². The molecule has 1 aromatic rings. The van der Waals surface area contributed by atoms with Crippen molar-refractivity contribution in [3.05, 3.63) is 29.6 Å². The number of rotatable bonds is 1. The summed E-state index contributed by atoms with van der Waals surface area (Å²) in [5, 5.41) is 16.9. The minimum atomic E-state index is -2.27. The van der Waals surface area contributed by atoms with Crippen LogP contribution in [-0.2, 0) is 0 Å². The molecule has 0 aliphatic carbocycles. The molecule has 0 radical (unpaired) electrons. The summed E-state index contributed by atoms with van der Waals surface area (Å²) in [6, 6.07) is 0.746. The van der Waals surface area contributed by atoms with E-state index in [4.69, 9.17) is 10.0 Å². The van der Waals surface area contributed by atoms with E-state index in [2.05, 4.69) is 0 Å². The standard InChI is InChI=1S/C6H4BF3O2/c8-3-1-4(9)6(7(11)12)5(10)2-3/h1-2,11-12H. The lowest BCUT2D eigenvalue weighted by Gasteiger charge is -2.02. The smallest absolute Gasteiger partial charge is 0.423 e. The van der Waals surface area contributed by atoms with Gasteiger partial charge in [0.05, 0.1) is 5.46 Å². The lowest BCUT2D eigenvalue weighted by molar-refractivity contribution is 0.418. The van der Waals surface area contributed by atoms with Crippen LogP contribution in [0.3, 0.4) is 0 Å². The Labute approximate surface area is 66.4 Å². The molecule has 0 aliphatic heterocycles. The lowest BCUT2D eigenvalue weighted by atomic mass is 9.79. The Morgan fingerprint density at radius 1 is 1.00 bits per heavy atom. The molecule has 0 amide bonds. The molecule has 64 valence electrons. The highest BCUT2D eigenvalue weighted by Gasteiger charge is 2.22. The van der Waals surface area contributed by atoms with Gasteiger partial charge in [-0.1, -0.05) is 0 Å². The van der Waals surface area contributed by atoms with Crippen LogP contribution in [-0.4, -0.2) is 17.2 Å². The van der Waals surface area contributed by atoms with Crippen LogP contribution >= 0.6 is 0 Å². The van der Waals surface area contributed by atoms with Gasteiger partial charge in [-0.3, -0.25) is 0 Å². The van der Waals surface area contributed by atoms with Gasteiger partial charge in [0.1, 0.15) is 17.5 Å². The zero-order valence-corrected chi connectivity index (χ0v) is 5.76. The summed E-state index contributed by atoms with van der Waals surface area (Å²) in [5.41, 5.74) is -0.948. The van der Waals surface area contributed by atoms with E-state index in [-0.39, 0.29) is 0 Å². The van der Waals surface area contributed by atoms with E-state index in [1.165, 1.54) is 0 Å². The molecule has 0 unspecified atom stereocenters. The van der Waals surface area contributed by atoms with E-state index in [1.54, 1.807) is 0 Å². The van der Waals surface area contributed by atoms with E-state index in [1.807, 2.05) is 0 Å². The Hall–Kier alpha value is -1.01. The van der Waals surface area contributed by atoms with Crippen LogP contribution in [0.1, 0.15) is 0 Å². The summed E-state index contributed by atoms with van der Waals surface area (Å²) in [6.45, 7) is 0. The van der Waals surface area contributed by atoms with Crippen molar-refractivity contribution in [3.63, 3.8) is 0 Å². The highest BCUT2D eigenvalue weighted by Crippen LogP contribution is 2.04. The number of hydrogen-bond acceptors (Lipinski definition) is 2. The number of halogens is 3. The minimum Gasteiger partial charge on any atom is -0.423 e. The maximum atomic E-state index is 12.6. The summed E-state index contributed by atoms with van der Waals surface area (Å²) in [5.74, 6) is -3.74. The van der Waals surface area contributed by atoms with Crippen molar-refractivity contribution in [2.24, 2.45) is 0 Å². The first-order valence-corrected chi connectivity index (χ1v) is 3.03. The SMILES string of the molecule is OB(O)c1c(F)cc(F)cc1F. The molecule has 0 aliphatic rings. The lowest BCUT2D eigenvalue weighted by Crippen LogP contribution is -2.35. The largest absolute Gasteiger partial charge is 0.494 e. The summed E-state index contributed by atoms with van der Waals surface area (Å²) in [4.78, 5) is 0. The third kappa shape index (κ3) is 1.59. The maximum Gasteiger partial charge on any atom is 0.494 e. The summed E-state index contributed by atoms with van der Waals surface area (Å²) in [6.07, 6.45) is 0. The van der Waals surface area contributed by atoms with Gasteiger partial charge in [-0.2, -0.15) is 0 Å². The van der Waals surface area contributed by atoms with Crippen molar-refractivity contribution < 1.29 is 23.2 Å². The molecule has 1 aromatic carbocycles. The summed E-state index contributed by atoms with van der Waals surface area (Å²) < 4.78 is 37.4. The first-order chi connectivity index (χ1) is 5.52. The average molecular weight is 176 g/mol. The fraction of sp³-hybridized carbons (Fsp3) is 0. The molecule has 0 fully saturated rings. The van der Waals surface area contributed by atoms with Crippen LogP contribution in [0.15, 0.2) is 12.1 Å². The molecule has 1 rings (SSSR count). The highest BCUT2D eigenvalue weighted by atomic mass is 19.1. The second kappa shape index (κ2) is 3.16. The maximum absolute atomic E-state index is 12.6. The van der Waals surface area contributed by atoms with Crippen LogP contribution in [0.4, 0.5) is 13.2 Å². The Morgan fingerprint density at radius 3 is 1.75 bits per heavy atom. The predicted molar refractivity (Wildman–Crippen MR) is 36.1 cm³/mol. The Balaban J connectivity index is 3.28. The van der Waals surface area contributed by atoms with Crippen molar-refractivity contribution >= 4 is 12.6 Å². The molecule has 2 N–H and O–H groups in total. The summed E-state index contributed by atoms with van der Waals surface area (Å²) >= 11 is 0. The van der Waals surface area contributed by atoms with Gasteiger partial charge in [0.25, 0.3) is 0 Å². The zero-order valence-electron chi connectivity index (χ0n) is 5.76. The second-order valence-corrected chi connectivity index (χ2v) is 2.16. The molecule has 0 bridgehead atoms. The molecule has 0 spiro atoms. The number of hydrogen-bond donors (Lipinski definition) is 2. The minimum absolute atomic E-state index is 0.373. The zero-order chi connectivity index (χ0) is 9.30. The number of benzene rings is 1.